The molecular formula is C15H19BrN4. The van der Waals surface area contributed by atoms with Crippen LogP contribution in [0.15, 0.2) is 29.0 Å². The molecule has 20 heavy (non-hydrogen) atoms. The van der Waals surface area contributed by atoms with E-state index >= 15 is 0 Å². The predicted octanol–water partition coefficient (Wildman–Crippen LogP) is 2.96. The molecule has 1 aliphatic heterocycles. The van der Waals surface area contributed by atoms with Crippen LogP contribution in [0.3, 0.4) is 0 Å². The highest BCUT2D eigenvalue weighted by molar-refractivity contribution is 9.10. The number of piperidine rings is 1. The van der Waals surface area contributed by atoms with Gasteiger partial charge in [-0.15, -0.1) is 0 Å². The summed E-state index contributed by atoms with van der Waals surface area (Å²) in [6.45, 7) is 6.39. The van der Waals surface area contributed by atoms with Crippen LogP contribution < -0.4 is 10.6 Å². The summed E-state index contributed by atoms with van der Waals surface area (Å²) in [5.41, 5.74) is 9.37. The zero-order valence-corrected chi connectivity index (χ0v) is 13.4. The van der Waals surface area contributed by atoms with Crippen LogP contribution in [0, 0.1) is 5.41 Å². The van der Waals surface area contributed by atoms with Gasteiger partial charge in [-0.1, -0.05) is 13.8 Å². The zero-order chi connectivity index (χ0) is 14.3. The van der Waals surface area contributed by atoms with Gasteiger partial charge in [-0.3, -0.25) is 9.97 Å². The number of aromatic nitrogens is 2. The van der Waals surface area contributed by atoms with Crippen LogP contribution in [0.2, 0.25) is 0 Å². The average Bonchev–Trinajstić information content (AvgIpc) is 2.41. The van der Waals surface area contributed by atoms with E-state index in [2.05, 4.69) is 50.7 Å². The molecule has 2 aromatic heterocycles. The molecule has 1 saturated heterocycles. The van der Waals surface area contributed by atoms with Crippen LogP contribution >= 0.6 is 15.9 Å². The van der Waals surface area contributed by atoms with Crippen molar-refractivity contribution in [2.24, 2.45) is 11.1 Å². The topological polar surface area (TPSA) is 55.0 Å². The number of pyridine rings is 2. The van der Waals surface area contributed by atoms with Crippen molar-refractivity contribution in [3.8, 4) is 0 Å². The van der Waals surface area contributed by atoms with E-state index in [4.69, 9.17) is 5.73 Å². The van der Waals surface area contributed by atoms with Gasteiger partial charge >= 0.3 is 0 Å². The third-order valence-electron chi connectivity index (χ3n) is 4.18. The molecule has 0 amide bonds. The summed E-state index contributed by atoms with van der Waals surface area (Å²) in [4.78, 5) is 11.3. The molecule has 1 atom stereocenters. The quantitative estimate of drug-likeness (QED) is 0.871. The molecule has 0 saturated carbocycles. The van der Waals surface area contributed by atoms with Gasteiger partial charge in [0.05, 0.1) is 11.2 Å². The third-order valence-corrected chi connectivity index (χ3v) is 4.61. The molecule has 2 aromatic rings. The Bertz CT molecular complexity index is 641. The van der Waals surface area contributed by atoms with Crippen LogP contribution in [0.5, 0.6) is 0 Å². The molecular weight excluding hydrogens is 316 g/mol. The number of fused-ring (bicyclic) bond motifs is 1. The second-order valence-corrected chi connectivity index (χ2v) is 7.07. The Kier molecular flexibility index (Phi) is 3.42. The number of rotatable bonds is 1. The highest BCUT2D eigenvalue weighted by atomic mass is 79.9. The molecule has 0 spiro atoms. The maximum atomic E-state index is 6.22. The Morgan fingerprint density at radius 3 is 2.95 bits per heavy atom. The summed E-state index contributed by atoms with van der Waals surface area (Å²) < 4.78 is 0.954. The molecule has 5 heteroatoms. The third kappa shape index (κ3) is 2.40. The molecule has 3 heterocycles. The van der Waals surface area contributed by atoms with E-state index in [0.29, 0.717) is 0 Å². The lowest BCUT2D eigenvalue weighted by Crippen LogP contribution is -2.52. The smallest absolute Gasteiger partial charge is 0.112 e. The number of hydrogen-bond acceptors (Lipinski definition) is 4. The van der Waals surface area contributed by atoms with Crippen LogP contribution in [-0.4, -0.2) is 29.1 Å². The van der Waals surface area contributed by atoms with E-state index in [-0.39, 0.29) is 11.5 Å². The number of hydrogen-bond donors (Lipinski definition) is 1. The maximum Gasteiger partial charge on any atom is 0.112 e. The molecule has 0 radical (unpaired) electrons. The van der Waals surface area contributed by atoms with Crippen LogP contribution in [0.4, 0.5) is 5.69 Å². The molecule has 2 N–H and O–H groups in total. The van der Waals surface area contributed by atoms with E-state index in [9.17, 15) is 0 Å². The first-order valence-corrected chi connectivity index (χ1v) is 7.67. The Morgan fingerprint density at radius 1 is 1.40 bits per heavy atom. The van der Waals surface area contributed by atoms with Gasteiger partial charge in [0.2, 0.25) is 0 Å². The van der Waals surface area contributed by atoms with Crippen molar-refractivity contribution in [1.29, 1.82) is 0 Å². The molecule has 4 nitrogen and oxygen atoms in total. The predicted molar refractivity (Wildman–Crippen MR) is 85.8 cm³/mol. The second-order valence-electron chi connectivity index (χ2n) is 6.16. The van der Waals surface area contributed by atoms with E-state index in [0.717, 1.165) is 40.7 Å². The highest BCUT2D eigenvalue weighted by Crippen LogP contribution is 2.33. The minimum Gasteiger partial charge on any atom is -0.369 e. The van der Waals surface area contributed by atoms with Gasteiger partial charge in [-0.05, 0) is 39.9 Å². The van der Waals surface area contributed by atoms with Crippen LogP contribution in [0.25, 0.3) is 11.0 Å². The lowest BCUT2D eigenvalue weighted by molar-refractivity contribution is 0.245. The van der Waals surface area contributed by atoms with E-state index < -0.39 is 0 Å². The van der Waals surface area contributed by atoms with Gasteiger partial charge < -0.3 is 10.6 Å². The fraction of sp³-hybridized carbons (Fsp3) is 0.467. The van der Waals surface area contributed by atoms with Crippen molar-refractivity contribution in [3.63, 3.8) is 0 Å². The molecule has 1 aliphatic rings. The maximum absolute atomic E-state index is 6.22. The molecule has 0 bridgehead atoms. The Morgan fingerprint density at radius 2 is 2.20 bits per heavy atom. The molecule has 0 aromatic carbocycles. The number of anilines is 1. The van der Waals surface area contributed by atoms with Gasteiger partial charge in [0.25, 0.3) is 0 Å². The molecule has 0 aliphatic carbocycles. The van der Waals surface area contributed by atoms with E-state index in [1.54, 1.807) is 0 Å². The van der Waals surface area contributed by atoms with Crippen molar-refractivity contribution in [2.75, 3.05) is 18.0 Å². The van der Waals surface area contributed by atoms with Gasteiger partial charge in [0.15, 0.2) is 0 Å². The number of nitrogens with two attached hydrogens (primary N) is 1. The summed E-state index contributed by atoms with van der Waals surface area (Å²) in [5.74, 6) is 0. The zero-order valence-electron chi connectivity index (χ0n) is 11.8. The normalized spacial score (nSPS) is 22.2. The summed E-state index contributed by atoms with van der Waals surface area (Å²) in [6.07, 6.45) is 4.69. The minimum absolute atomic E-state index is 0.114. The summed E-state index contributed by atoms with van der Waals surface area (Å²) in [5, 5.41) is 0. The largest absolute Gasteiger partial charge is 0.369 e. The van der Waals surface area contributed by atoms with E-state index in [1.807, 2.05) is 18.5 Å². The standard InChI is InChI=1S/C15H19BrN4/c1-15(2)9-20(6-4-13(15)17)12-3-5-18-11-7-10(16)8-19-14(11)12/h3,5,7-8,13H,4,6,9,17H2,1-2H3. The summed E-state index contributed by atoms with van der Waals surface area (Å²) in [7, 11) is 0. The van der Waals surface area contributed by atoms with Crippen molar-refractivity contribution in [1.82, 2.24) is 9.97 Å². The SMILES string of the molecule is CC1(C)CN(c2ccnc3cc(Br)cnc23)CCC1N. The van der Waals surface area contributed by atoms with Gasteiger partial charge in [0, 0.05) is 36.0 Å². The Labute approximate surface area is 127 Å². The Hall–Kier alpha value is -1.20. The van der Waals surface area contributed by atoms with Crippen molar-refractivity contribution < 1.29 is 0 Å². The van der Waals surface area contributed by atoms with Crippen molar-refractivity contribution >= 4 is 32.7 Å². The molecule has 3 rings (SSSR count). The highest BCUT2D eigenvalue weighted by Gasteiger charge is 2.34. The molecule has 1 fully saturated rings. The summed E-state index contributed by atoms with van der Waals surface area (Å²) >= 11 is 3.45. The first-order valence-electron chi connectivity index (χ1n) is 6.88. The average molecular weight is 335 g/mol. The van der Waals surface area contributed by atoms with E-state index in [1.165, 1.54) is 0 Å². The lowest BCUT2D eigenvalue weighted by Gasteiger charge is -2.43. The van der Waals surface area contributed by atoms with Gasteiger partial charge in [-0.25, -0.2) is 0 Å². The minimum atomic E-state index is 0.114. The fourth-order valence-electron chi connectivity index (χ4n) is 2.83. The van der Waals surface area contributed by atoms with Crippen LogP contribution in [0.1, 0.15) is 20.3 Å². The summed E-state index contributed by atoms with van der Waals surface area (Å²) in [6, 6.07) is 4.32. The first kappa shape index (κ1) is 13.8. The van der Waals surface area contributed by atoms with Crippen molar-refractivity contribution in [2.45, 2.75) is 26.3 Å². The first-order chi connectivity index (χ1) is 9.47. The number of halogens is 1. The van der Waals surface area contributed by atoms with Crippen molar-refractivity contribution in [3.05, 3.63) is 29.0 Å². The second kappa shape index (κ2) is 4.97. The molecule has 106 valence electrons. The van der Waals surface area contributed by atoms with Gasteiger partial charge in [0.1, 0.15) is 5.52 Å². The fourth-order valence-corrected chi connectivity index (χ4v) is 3.15. The lowest BCUT2D eigenvalue weighted by atomic mass is 9.79. The Balaban J connectivity index is 2.02. The van der Waals surface area contributed by atoms with Crippen LogP contribution in [-0.2, 0) is 0 Å². The monoisotopic (exact) mass is 334 g/mol. The number of nitrogens with zero attached hydrogens (tertiary/aromatic N) is 3. The van der Waals surface area contributed by atoms with Gasteiger partial charge in [-0.2, -0.15) is 0 Å². The molecule has 1 unspecified atom stereocenters.